The maximum atomic E-state index is 5.68. The summed E-state index contributed by atoms with van der Waals surface area (Å²) >= 11 is 0. The van der Waals surface area contributed by atoms with E-state index in [0.29, 0.717) is 17.4 Å². The zero-order valence-corrected chi connectivity index (χ0v) is 11.7. The van der Waals surface area contributed by atoms with Crippen LogP contribution in [0.3, 0.4) is 0 Å². The largest absolute Gasteiger partial charge is 0.384 e. The molecule has 3 rings (SSSR count). The van der Waals surface area contributed by atoms with Gasteiger partial charge in [0.25, 0.3) is 0 Å². The van der Waals surface area contributed by atoms with E-state index in [1.54, 1.807) is 6.07 Å². The van der Waals surface area contributed by atoms with Crippen molar-refractivity contribution >= 4 is 22.7 Å². The van der Waals surface area contributed by atoms with Crippen LogP contribution in [0.25, 0.3) is 11.0 Å². The molecule has 6 nitrogen and oxygen atoms in total. The SMILES string of the molecule is CN1CCCC(CNc2ncnc3nc(N)ccc23)C1. The van der Waals surface area contributed by atoms with Gasteiger partial charge in [-0.3, -0.25) is 0 Å². The monoisotopic (exact) mass is 272 g/mol. The summed E-state index contributed by atoms with van der Waals surface area (Å²) in [6.07, 6.45) is 4.07. The third kappa shape index (κ3) is 2.80. The van der Waals surface area contributed by atoms with Gasteiger partial charge in [0.1, 0.15) is 18.0 Å². The van der Waals surface area contributed by atoms with E-state index in [4.69, 9.17) is 5.73 Å². The molecule has 0 aromatic carbocycles. The van der Waals surface area contributed by atoms with Crippen molar-refractivity contribution in [2.75, 3.05) is 37.7 Å². The second-order valence-electron chi connectivity index (χ2n) is 5.48. The number of hydrogen-bond acceptors (Lipinski definition) is 6. The van der Waals surface area contributed by atoms with E-state index < -0.39 is 0 Å². The Hall–Kier alpha value is -1.95. The molecule has 1 atom stereocenters. The number of likely N-dealkylation sites (tertiary alicyclic amines) is 1. The molecule has 0 radical (unpaired) electrons. The number of anilines is 2. The van der Waals surface area contributed by atoms with Crippen LogP contribution in [-0.4, -0.2) is 46.5 Å². The zero-order chi connectivity index (χ0) is 13.9. The number of piperidine rings is 1. The average molecular weight is 272 g/mol. The summed E-state index contributed by atoms with van der Waals surface area (Å²) < 4.78 is 0. The Balaban J connectivity index is 1.74. The van der Waals surface area contributed by atoms with Crippen molar-refractivity contribution in [3.63, 3.8) is 0 Å². The Morgan fingerprint density at radius 1 is 1.40 bits per heavy atom. The number of nitrogens with one attached hydrogen (secondary N) is 1. The highest BCUT2D eigenvalue weighted by molar-refractivity contribution is 5.86. The third-order valence-electron chi connectivity index (χ3n) is 3.80. The molecular weight excluding hydrogens is 252 g/mol. The molecule has 0 aliphatic carbocycles. The second kappa shape index (κ2) is 5.58. The quantitative estimate of drug-likeness (QED) is 0.878. The van der Waals surface area contributed by atoms with Crippen LogP contribution in [0.2, 0.25) is 0 Å². The molecule has 3 N–H and O–H groups in total. The fourth-order valence-electron chi connectivity index (χ4n) is 2.78. The second-order valence-corrected chi connectivity index (χ2v) is 5.48. The number of fused-ring (bicyclic) bond motifs is 1. The predicted molar refractivity (Wildman–Crippen MR) is 80.5 cm³/mol. The highest BCUT2D eigenvalue weighted by atomic mass is 15.1. The van der Waals surface area contributed by atoms with Crippen LogP contribution >= 0.6 is 0 Å². The summed E-state index contributed by atoms with van der Waals surface area (Å²) in [7, 11) is 2.18. The Bertz CT molecular complexity index is 599. The Labute approximate surface area is 118 Å². The zero-order valence-electron chi connectivity index (χ0n) is 11.7. The number of rotatable bonds is 3. The number of pyridine rings is 1. The molecule has 1 aliphatic rings. The molecule has 1 aliphatic heterocycles. The molecule has 106 valence electrons. The molecule has 1 fully saturated rings. The topological polar surface area (TPSA) is 80.0 Å². The van der Waals surface area contributed by atoms with Crippen molar-refractivity contribution in [1.29, 1.82) is 0 Å². The van der Waals surface area contributed by atoms with E-state index in [2.05, 4.69) is 32.2 Å². The first-order valence-electron chi connectivity index (χ1n) is 7.02. The van der Waals surface area contributed by atoms with E-state index in [9.17, 15) is 0 Å². The standard InChI is InChI=1S/C14H20N6/c1-20-6-2-3-10(8-20)7-16-13-11-4-5-12(15)19-14(11)18-9-17-13/h4-5,9-10H,2-3,6-8H2,1H3,(H3,15,16,17,18,19). The maximum absolute atomic E-state index is 5.68. The average Bonchev–Trinajstić information content (AvgIpc) is 2.44. The van der Waals surface area contributed by atoms with Gasteiger partial charge < -0.3 is 16.0 Å². The Morgan fingerprint density at radius 3 is 3.15 bits per heavy atom. The Kier molecular flexibility index (Phi) is 3.64. The van der Waals surface area contributed by atoms with E-state index in [0.717, 1.165) is 24.3 Å². The van der Waals surface area contributed by atoms with Crippen molar-refractivity contribution in [2.24, 2.45) is 5.92 Å². The molecule has 2 aromatic rings. The van der Waals surface area contributed by atoms with Gasteiger partial charge >= 0.3 is 0 Å². The van der Waals surface area contributed by atoms with Crippen molar-refractivity contribution in [1.82, 2.24) is 19.9 Å². The lowest BCUT2D eigenvalue weighted by atomic mass is 9.98. The van der Waals surface area contributed by atoms with E-state index >= 15 is 0 Å². The number of nitrogens with zero attached hydrogens (tertiary/aromatic N) is 4. The summed E-state index contributed by atoms with van der Waals surface area (Å²) in [5, 5.41) is 4.36. The fourth-order valence-corrected chi connectivity index (χ4v) is 2.78. The minimum absolute atomic E-state index is 0.482. The molecule has 2 aromatic heterocycles. The third-order valence-corrected chi connectivity index (χ3v) is 3.80. The van der Waals surface area contributed by atoms with Crippen molar-refractivity contribution in [2.45, 2.75) is 12.8 Å². The number of aromatic nitrogens is 3. The first-order valence-corrected chi connectivity index (χ1v) is 7.02. The van der Waals surface area contributed by atoms with Crippen molar-refractivity contribution < 1.29 is 0 Å². The molecule has 0 amide bonds. The molecule has 3 heterocycles. The van der Waals surface area contributed by atoms with Crippen LogP contribution in [0.1, 0.15) is 12.8 Å². The van der Waals surface area contributed by atoms with E-state index in [1.807, 2.05) is 6.07 Å². The highest BCUT2D eigenvalue weighted by Gasteiger charge is 2.17. The molecule has 0 bridgehead atoms. The first kappa shape index (κ1) is 13.1. The molecule has 0 spiro atoms. The van der Waals surface area contributed by atoms with Crippen LogP contribution in [0.4, 0.5) is 11.6 Å². The van der Waals surface area contributed by atoms with Gasteiger partial charge in [0, 0.05) is 13.1 Å². The number of nitrogen functional groups attached to an aromatic ring is 1. The minimum Gasteiger partial charge on any atom is -0.384 e. The Morgan fingerprint density at radius 2 is 2.30 bits per heavy atom. The lowest BCUT2D eigenvalue weighted by Gasteiger charge is -2.29. The lowest BCUT2D eigenvalue weighted by molar-refractivity contribution is 0.217. The molecule has 20 heavy (non-hydrogen) atoms. The van der Waals surface area contributed by atoms with Gasteiger partial charge in [-0.15, -0.1) is 0 Å². The van der Waals surface area contributed by atoms with E-state index in [1.165, 1.54) is 25.7 Å². The van der Waals surface area contributed by atoms with Gasteiger partial charge in [0.05, 0.1) is 5.39 Å². The first-order chi connectivity index (χ1) is 9.72. The van der Waals surface area contributed by atoms with Gasteiger partial charge in [0.15, 0.2) is 5.65 Å². The van der Waals surface area contributed by atoms with Crippen molar-refractivity contribution in [3.05, 3.63) is 18.5 Å². The van der Waals surface area contributed by atoms with Gasteiger partial charge in [0.2, 0.25) is 0 Å². The predicted octanol–water partition coefficient (Wildman–Crippen LogP) is 1.36. The van der Waals surface area contributed by atoms with Gasteiger partial charge in [-0.05, 0) is 44.5 Å². The molecular formula is C14H20N6. The number of hydrogen-bond donors (Lipinski definition) is 2. The van der Waals surface area contributed by atoms with E-state index in [-0.39, 0.29) is 0 Å². The smallest absolute Gasteiger partial charge is 0.166 e. The van der Waals surface area contributed by atoms with Gasteiger partial charge in [-0.2, -0.15) is 0 Å². The van der Waals surface area contributed by atoms with Crippen LogP contribution < -0.4 is 11.1 Å². The number of nitrogens with two attached hydrogens (primary N) is 1. The lowest BCUT2D eigenvalue weighted by Crippen LogP contribution is -2.35. The highest BCUT2D eigenvalue weighted by Crippen LogP contribution is 2.20. The van der Waals surface area contributed by atoms with Gasteiger partial charge in [-0.25, -0.2) is 15.0 Å². The van der Waals surface area contributed by atoms with Crippen LogP contribution in [0, 0.1) is 5.92 Å². The fraction of sp³-hybridized carbons (Fsp3) is 0.500. The summed E-state index contributed by atoms with van der Waals surface area (Å²) in [6, 6.07) is 3.71. The molecule has 0 saturated carbocycles. The summed E-state index contributed by atoms with van der Waals surface area (Å²) in [6.45, 7) is 3.28. The molecule has 1 unspecified atom stereocenters. The van der Waals surface area contributed by atoms with Crippen LogP contribution in [0.5, 0.6) is 0 Å². The molecule has 6 heteroatoms. The summed E-state index contributed by atoms with van der Waals surface area (Å²) in [4.78, 5) is 15.1. The van der Waals surface area contributed by atoms with Crippen LogP contribution in [0.15, 0.2) is 18.5 Å². The molecule has 1 saturated heterocycles. The minimum atomic E-state index is 0.482. The normalized spacial score (nSPS) is 20.1. The van der Waals surface area contributed by atoms with Crippen molar-refractivity contribution in [3.8, 4) is 0 Å². The summed E-state index contributed by atoms with van der Waals surface area (Å²) in [5.74, 6) is 1.99. The van der Waals surface area contributed by atoms with Gasteiger partial charge in [-0.1, -0.05) is 0 Å². The summed E-state index contributed by atoms with van der Waals surface area (Å²) in [5.41, 5.74) is 6.32. The van der Waals surface area contributed by atoms with Crippen LogP contribution in [-0.2, 0) is 0 Å². The maximum Gasteiger partial charge on any atom is 0.166 e.